The molecule has 270 valence electrons. The summed E-state index contributed by atoms with van der Waals surface area (Å²) in [4.78, 5) is 31.0. The highest BCUT2D eigenvalue weighted by atomic mass is 32.2. The monoisotopic (exact) mass is 715 g/mol. The second-order valence-corrected chi connectivity index (χ2v) is 16.4. The fourth-order valence-corrected chi connectivity index (χ4v) is 7.41. The first-order valence-electron chi connectivity index (χ1n) is 17.2. The first kappa shape index (κ1) is 35.8. The standard InChI is InChI=1S/C37H45N7O6S/c1-23(2)43(36(47)50-37(4,5)6)22-32-29(19-41(7)39-32)26-17-28-30(31-20-42(16-8-9-33(45)46)40-34(31)25-12-13-25)21-44(35(28)38-18-26)51(48,49)27-14-10-24(3)11-15-27/h10-11,14-15,17-21,23,25H,8-9,12-13,16,22H2,1-7H3,(H,45,46). The molecule has 1 saturated carbocycles. The van der Waals surface area contributed by atoms with Gasteiger partial charge in [-0.05, 0) is 79.0 Å². The number of aryl methyl sites for hydroxylation is 3. The Hall–Kier alpha value is -4.98. The van der Waals surface area contributed by atoms with E-state index in [1.54, 1.807) is 50.9 Å². The Morgan fingerprint density at radius 1 is 1.04 bits per heavy atom. The van der Waals surface area contributed by atoms with Gasteiger partial charge in [-0.15, -0.1) is 0 Å². The van der Waals surface area contributed by atoms with Crippen LogP contribution in [0.15, 0.2) is 60.0 Å². The van der Waals surface area contributed by atoms with Crippen molar-refractivity contribution >= 4 is 33.1 Å². The number of benzene rings is 1. The molecule has 14 heteroatoms. The zero-order chi connectivity index (χ0) is 36.8. The van der Waals surface area contributed by atoms with Crippen LogP contribution >= 0.6 is 0 Å². The van der Waals surface area contributed by atoms with Crippen molar-refractivity contribution in [2.24, 2.45) is 7.05 Å². The van der Waals surface area contributed by atoms with Gasteiger partial charge in [0.15, 0.2) is 5.65 Å². The van der Waals surface area contributed by atoms with Crippen LogP contribution in [0.25, 0.3) is 33.3 Å². The number of rotatable bonds is 12. The van der Waals surface area contributed by atoms with Crippen LogP contribution < -0.4 is 0 Å². The Morgan fingerprint density at radius 2 is 1.75 bits per heavy atom. The molecule has 0 spiro atoms. The molecule has 51 heavy (non-hydrogen) atoms. The minimum Gasteiger partial charge on any atom is -0.481 e. The van der Waals surface area contributed by atoms with E-state index in [0.717, 1.165) is 35.2 Å². The average Bonchev–Trinajstić information content (AvgIpc) is 3.52. The number of nitrogens with zero attached hydrogens (tertiary/aromatic N) is 7. The molecule has 0 aliphatic heterocycles. The number of carboxylic acids is 1. The van der Waals surface area contributed by atoms with E-state index in [9.17, 15) is 23.1 Å². The third kappa shape index (κ3) is 7.70. The number of carboxylic acid groups (broad SMARTS) is 1. The maximum absolute atomic E-state index is 14.2. The van der Waals surface area contributed by atoms with Crippen LogP contribution in [0.2, 0.25) is 0 Å². The third-order valence-electron chi connectivity index (χ3n) is 8.80. The van der Waals surface area contributed by atoms with E-state index in [4.69, 9.17) is 19.9 Å². The Labute approximate surface area is 297 Å². The predicted molar refractivity (Wildman–Crippen MR) is 193 cm³/mol. The van der Waals surface area contributed by atoms with E-state index in [1.807, 2.05) is 67.1 Å². The molecule has 1 aromatic carbocycles. The summed E-state index contributed by atoms with van der Waals surface area (Å²) in [6.07, 6.45) is 8.92. The Bertz CT molecular complexity index is 2200. The molecule has 5 aromatic rings. The van der Waals surface area contributed by atoms with Crippen molar-refractivity contribution < 1.29 is 27.9 Å². The second-order valence-electron chi connectivity index (χ2n) is 14.6. The molecule has 1 N–H and O–H groups in total. The summed E-state index contributed by atoms with van der Waals surface area (Å²) in [5.74, 6) is -0.645. The number of aliphatic carboxylic acids is 1. The van der Waals surface area contributed by atoms with Gasteiger partial charge >= 0.3 is 12.1 Å². The number of pyridine rings is 1. The first-order valence-corrected chi connectivity index (χ1v) is 18.6. The van der Waals surface area contributed by atoms with Gasteiger partial charge in [0, 0.05) is 84.4 Å². The summed E-state index contributed by atoms with van der Waals surface area (Å²) in [6, 6.07) is 8.46. The smallest absolute Gasteiger partial charge is 0.410 e. The van der Waals surface area contributed by atoms with Gasteiger partial charge in [-0.1, -0.05) is 17.7 Å². The Morgan fingerprint density at radius 3 is 2.37 bits per heavy atom. The molecular weight excluding hydrogens is 671 g/mol. The molecule has 0 radical (unpaired) electrons. The van der Waals surface area contributed by atoms with Gasteiger partial charge in [0.1, 0.15) is 5.60 Å². The highest BCUT2D eigenvalue weighted by Gasteiger charge is 2.33. The van der Waals surface area contributed by atoms with E-state index < -0.39 is 27.7 Å². The molecule has 0 atom stereocenters. The van der Waals surface area contributed by atoms with Crippen LogP contribution in [0.1, 0.15) is 83.2 Å². The predicted octanol–water partition coefficient (Wildman–Crippen LogP) is 6.73. The summed E-state index contributed by atoms with van der Waals surface area (Å²) in [6.45, 7) is 11.8. The van der Waals surface area contributed by atoms with Gasteiger partial charge in [0.2, 0.25) is 0 Å². The van der Waals surface area contributed by atoms with Crippen molar-refractivity contribution in [2.75, 3.05) is 0 Å². The maximum Gasteiger partial charge on any atom is 0.410 e. The van der Waals surface area contributed by atoms with Gasteiger partial charge in [-0.3, -0.25) is 19.1 Å². The molecule has 6 rings (SSSR count). The molecule has 13 nitrogen and oxygen atoms in total. The van der Waals surface area contributed by atoms with Crippen LogP contribution in [0.4, 0.5) is 4.79 Å². The molecule has 1 fully saturated rings. The number of fused-ring (bicyclic) bond motifs is 1. The molecule has 4 aromatic heterocycles. The summed E-state index contributed by atoms with van der Waals surface area (Å²) >= 11 is 0. The lowest BCUT2D eigenvalue weighted by atomic mass is 10.0. The number of carbonyl (C=O) groups is 2. The fourth-order valence-electron chi connectivity index (χ4n) is 6.09. The van der Waals surface area contributed by atoms with Crippen LogP contribution in [0.3, 0.4) is 0 Å². The second kappa shape index (κ2) is 13.6. The largest absolute Gasteiger partial charge is 0.481 e. The van der Waals surface area contributed by atoms with Crippen molar-refractivity contribution in [1.82, 2.24) is 33.4 Å². The molecule has 1 amide bonds. The van der Waals surface area contributed by atoms with Gasteiger partial charge in [-0.25, -0.2) is 22.2 Å². The molecule has 0 saturated heterocycles. The normalized spacial score (nSPS) is 13.6. The van der Waals surface area contributed by atoms with Crippen LogP contribution in [-0.2, 0) is 39.7 Å². The number of carbonyl (C=O) groups excluding carboxylic acids is 1. The topological polar surface area (TPSA) is 154 Å². The zero-order valence-corrected chi connectivity index (χ0v) is 30.9. The first-order chi connectivity index (χ1) is 24.0. The van der Waals surface area contributed by atoms with Gasteiger partial charge in [0.25, 0.3) is 10.0 Å². The lowest BCUT2D eigenvalue weighted by molar-refractivity contribution is -0.137. The summed E-state index contributed by atoms with van der Waals surface area (Å²) in [5, 5.41) is 19.4. The number of amides is 1. The van der Waals surface area contributed by atoms with Crippen molar-refractivity contribution in [3.8, 4) is 22.3 Å². The summed E-state index contributed by atoms with van der Waals surface area (Å²) in [7, 11) is -2.24. The molecule has 1 aliphatic carbocycles. The summed E-state index contributed by atoms with van der Waals surface area (Å²) in [5.41, 5.74) is 4.91. The van der Waals surface area contributed by atoms with Crippen molar-refractivity contribution in [3.63, 3.8) is 0 Å². The number of aromatic nitrogens is 6. The average molecular weight is 716 g/mol. The van der Waals surface area contributed by atoms with Crippen molar-refractivity contribution in [1.29, 1.82) is 0 Å². The van der Waals surface area contributed by atoms with Crippen LogP contribution in [0, 0.1) is 6.92 Å². The fraction of sp³-hybridized carbons (Fsp3) is 0.432. The zero-order valence-electron chi connectivity index (χ0n) is 30.1. The van der Waals surface area contributed by atoms with E-state index >= 15 is 0 Å². The van der Waals surface area contributed by atoms with Crippen molar-refractivity contribution in [3.05, 3.63) is 72.1 Å². The Kier molecular flexibility index (Phi) is 9.57. The van der Waals surface area contributed by atoms with Gasteiger partial charge < -0.3 is 9.84 Å². The van der Waals surface area contributed by atoms with E-state index in [-0.39, 0.29) is 35.5 Å². The molecule has 4 heterocycles. The van der Waals surface area contributed by atoms with Crippen molar-refractivity contribution in [2.45, 2.75) is 103 Å². The quantitative estimate of drug-likeness (QED) is 0.148. The molecule has 0 bridgehead atoms. The lowest BCUT2D eigenvalue weighted by Crippen LogP contribution is -2.40. The number of hydrogen-bond donors (Lipinski definition) is 1. The summed E-state index contributed by atoms with van der Waals surface area (Å²) < 4.78 is 38.8. The maximum atomic E-state index is 14.2. The SMILES string of the molecule is Cc1ccc(S(=O)(=O)n2cc(-c3cn(CCCC(=O)O)nc3C3CC3)c3cc(-c4cn(C)nc4CN(C(=O)OC(C)(C)C)C(C)C)cnc32)cc1. The molecular formula is C37H45N7O6S. The lowest BCUT2D eigenvalue weighted by Gasteiger charge is -2.29. The van der Waals surface area contributed by atoms with E-state index in [2.05, 4.69) is 0 Å². The van der Waals surface area contributed by atoms with Gasteiger partial charge in [-0.2, -0.15) is 10.2 Å². The molecule has 0 unspecified atom stereocenters. The third-order valence-corrected chi connectivity index (χ3v) is 10.5. The molecule has 1 aliphatic rings. The highest BCUT2D eigenvalue weighted by molar-refractivity contribution is 7.90. The minimum absolute atomic E-state index is 0.0188. The highest BCUT2D eigenvalue weighted by Crippen LogP contribution is 2.46. The number of ether oxygens (including phenoxy) is 1. The minimum atomic E-state index is -4.05. The number of hydrogen-bond acceptors (Lipinski definition) is 8. The van der Waals surface area contributed by atoms with Crippen LogP contribution in [-0.4, -0.2) is 70.6 Å². The van der Waals surface area contributed by atoms with E-state index in [0.29, 0.717) is 35.2 Å². The van der Waals surface area contributed by atoms with Crippen LogP contribution in [0.5, 0.6) is 0 Å². The van der Waals surface area contributed by atoms with E-state index in [1.165, 1.54) is 3.97 Å². The Balaban J connectivity index is 1.50. The van der Waals surface area contributed by atoms with Gasteiger partial charge in [0.05, 0.1) is 22.8 Å².